The molecule has 0 unspecified atom stereocenters. The number of para-hydroxylation sites is 1. The number of benzene rings is 4. The second kappa shape index (κ2) is 9.34. The van der Waals surface area contributed by atoms with Crippen LogP contribution in [0.2, 0.25) is 0 Å². The van der Waals surface area contributed by atoms with Crippen molar-refractivity contribution in [3.8, 4) is 0 Å². The van der Waals surface area contributed by atoms with Gasteiger partial charge in [0.1, 0.15) is 0 Å². The number of nitrogens with one attached hydrogen (secondary N) is 3. The normalized spacial score (nSPS) is 10.6. The molecule has 0 atom stereocenters. The van der Waals surface area contributed by atoms with E-state index in [0.717, 1.165) is 39.3 Å². The van der Waals surface area contributed by atoms with E-state index in [1.807, 2.05) is 91.0 Å². The van der Waals surface area contributed by atoms with Crippen LogP contribution in [0.15, 0.2) is 109 Å². The second-order valence-corrected chi connectivity index (χ2v) is 7.86. The van der Waals surface area contributed by atoms with Crippen LogP contribution in [0.5, 0.6) is 0 Å². The molecule has 0 aliphatic carbocycles. The molecule has 0 bridgehead atoms. The Morgan fingerprint density at radius 1 is 0.676 bits per heavy atom. The minimum atomic E-state index is -0.162. The number of fused-ring (bicyclic) bond motifs is 1. The predicted octanol–water partition coefficient (Wildman–Crippen LogP) is 6.56. The summed E-state index contributed by atoms with van der Waals surface area (Å²) in [5, 5.41) is 10.6. The van der Waals surface area contributed by atoms with Gasteiger partial charge in [0.15, 0.2) is 0 Å². The number of nitrogen functional groups attached to an aromatic ring is 1. The average molecular weight is 446 g/mol. The lowest BCUT2D eigenvalue weighted by molar-refractivity contribution is 0.102. The third-order valence-corrected chi connectivity index (χ3v) is 5.40. The Bertz CT molecular complexity index is 1430. The van der Waals surface area contributed by atoms with Gasteiger partial charge in [-0.1, -0.05) is 18.2 Å². The van der Waals surface area contributed by atoms with Crippen LogP contribution in [-0.2, 0) is 0 Å². The second-order valence-electron chi connectivity index (χ2n) is 7.86. The fraction of sp³-hybridized carbons (Fsp3) is 0. The highest BCUT2D eigenvalue weighted by molar-refractivity contribution is 6.04. The van der Waals surface area contributed by atoms with Crippen LogP contribution in [0.1, 0.15) is 10.4 Å². The maximum Gasteiger partial charge on any atom is 0.255 e. The van der Waals surface area contributed by atoms with E-state index in [0.29, 0.717) is 11.3 Å². The Hall–Kier alpha value is -4.84. The van der Waals surface area contributed by atoms with Gasteiger partial charge in [0, 0.05) is 51.3 Å². The van der Waals surface area contributed by atoms with Gasteiger partial charge >= 0.3 is 0 Å². The first-order chi connectivity index (χ1) is 16.6. The lowest BCUT2D eigenvalue weighted by atomic mass is 10.1. The zero-order chi connectivity index (χ0) is 23.3. The summed E-state index contributed by atoms with van der Waals surface area (Å²) >= 11 is 0. The van der Waals surface area contributed by atoms with E-state index in [1.54, 1.807) is 18.3 Å². The van der Waals surface area contributed by atoms with E-state index >= 15 is 0 Å². The molecule has 1 amide bonds. The predicted molar refractivity (Wildman–Crippen MR) is 140 cm³/mol. The number of nitrogens with two attached hydrogens (primary N) is 1. The summed E-state index contributed by atoms with van der Waals surface area (Å²) in [6, 6.07) is 32.5. The number of hydrogen-bond donors (Lipinski definition) is 4. The zero-order valence-electron chi connectivity index (χ0n) is 18.3. The highest BCUT2D eigenvalue weighted by atomic mass is 16.1. The van der Waals surface area contributed by atoms with Crippen LogP contribution in [0, 0.1) is 0 Å². The first-order valence-corrected chi connectivity index (χ1v) is 10.9. The zero-order valence-corrected chi connectivity index (χ0v) is 18.3. The summed E-state index contributed by atoms with van der Waals surface area (Å²) in [6.07, 6.45) is 1.75. The van der Waals surface area contributed by atoms with Gasteiger partial charge in [0.05, 0.1) is 5.52 Å². The summed E-state index contributed by atoms with van der Waals surface area (Å²) in [5.41, 5.74) is 12.4. The van der Waals surface area contributed by atoms with Crippen molar-refractivity contribution < 1.29 is 4.79 Å². The summed E-state index contributed by atoms with van der Waals surface area (Å²) in [6.45, 7) is 0. The van der Waals surface area contributed by atoms with Crippen LogP contribution in [0.3, 0.4) is 0 Å². The minimum Gasteiger partial charge on any atom is -0.399 e. The van der Waals surface area contributed by atoms with E-state index in [-0.39, 0.29) is 5.91 Å². The number of pyridine rings is 1. The fourth-order valence-corrected chi connectivity index (χ4v) is 3.66. The molecule has 5 rings (SSSR count). The van der Waals surface area contributed by atoms with Crippen molar-refractivity contribution >= 4 is 50.9 Å². The van der Waals surface area contributed by atoms with E-state index in [4.69, 9.17) is 5.73 Å². The first kappa shape index (κ1) is 21.0. The highest BCUT2D eigenvalue weighted by Gasteiger charge is 2.07. The summed E-state index contributed by atoms with van der Waals surface area (Å²) in [7, 11) is 0. The Kier molecular flexibility index (Phi) is 5.78. The Morgan fingerprint density at radius 2 is 1.32 bits per heavy atom. The third kappa shape index (κ3) is 4.81. The number of anilines is 6. The molecule has 0 aliphatic rings. The molecule has 34 heavy (non-hydrogen) atoms. The lowest BCUT2D eigenvalue weighted by Crippen LogP contribution is -2.11. The summed E-state index contributed by atoms with van der Waals surface area (Å²) < 4.78 is 0. The van der Waals surface area contributed by atoms with Crippen LogP contribution >= 0.6 is 0 Å². The van der Waals surface area contributed by atoms with Gasteiger partial charge in [-0.15, -0.1) is 0 Å². The number of nitrogens with zero attached hydrogens (tertiary/aromatic N) is 1. The average Bonchev–Trinajstić information content (AvgIpc) is 2.86. The fourth-order valence-electron chi connectivity index (χ4n) is 3.66. The van der Waals surface area contributed by atoms with E-state index in [9.17, 15) is 4.79 Å². The van der Waals surface area contributed by atoms with Crippen molar-refractivity contribution in [3.63, 3.8) is 0 Å². The molecule has 1 aromatic heterocycles. The topological polar surface area (TPSA) is 92.1 Å². The number of carbonyl (C=O) groups is 1. The SMILES string of the molecule is Nc1ccc2c(Nc3ccc(NC(=O)c4ccc(Nc5ccccc5)cc4)cc3)ccnc2c1. The number of carbonyl (C=O) groups excluding carboxylic acids is 1. The molecule has 166 valence electrons. The lowest BCUT2D eigenvalue weighted by Gasteiger charge is -2.11. The molecule has 1 heterocycles. The number of amides is 1. The molecule has 0 fully saturated rings. The van der Waals surface area contributed by atoms with Gasteiger partial charge in [-0.2, -0.15) is 0 Å². The Morgan fingerprint density at radius 3 is 2.09 bits per heavy atom. The number of rotatable bonds is 6. The summed E-state index contributed by atoms with van der Waals surface area (Å²) in [5.74, 6) is -0.162. The van der Waals surface area contributed by atoms with Crippen molar-refractivity contribution in [3.05, 3.63) is 115 Å². The van der Waals surface area contributed by atoms with Crippen molar-refractivity contribution in [2.45, 2.75) is 0 Å². The molecular weight excluding hydrogens is 422 g/mol. The molecule has 0 aliphatic heterocycles. The molecule has 0 saturated carbocycles. The largest absolute Gasteiger partial charge is 0.399 e. The van der Waals surface area contributed by atoms with Crippen molar-refractivity contribution in [1.29, 1.82) is 0 Å². The Labute approximate surface area is 197 Å². The van der Waals surface area contributed by atoms with Crippen LogP contribution in [-0.4, -0.2) is 10.9 Å². The van der Waals surface area contributed by atoms with Crippen molar-refractivity contribution in [1.82, 2.24) is 4.98 Å². The van der Waals surface area contributed by atoms with Gasteiger partial charge in [0.25, 0.3) is 5.91 Å². The van der Waals surface area contributed by atoms with Gasteiger partial charge in [-0.3, -0.25) is 9.78 Å². The van der Waals surface area contributed by atoms with E-state index < -0.39 is 0 Å². The third-order valence-electron chi connectivity index (χ3n) is 5.40. The molecule has 5 N–H and O–H groups in total. The molecule has 6 nitrogen and oxygen atoms in total. The van der Waals surface area contributed by atoms with E-state index in [1.165, 1.54) is 0 Å². The quantitative estimate of drug-likeness (QED) is 0.222. The highest BCUT2D eigenvalue weighted by Crippen LogP contribution is 2.27. The standard InChI is InChI=1S/C28H23N5O/c29-20-8-15-25-26(16-17-30-27(25)18-20)32-23-11-13-24(14-12-23)33-28(34)19-6-9-22(10-7-19)31-21-4-2-1-3-5-21/h1-18,31H,29H2,(H,30,32)(H,33,34). The van der Waals surface area contributed by atoms with Crippen molar-refractivity contribution in [2.24, 2.45) is 0 Å². The smallest absolute Gasteiger partial charge is 0.255 e. The van der Waals surface area contributed by atoms with Crippen LogP contribution < -0.4 is 21.7 Å². The molecule has 0 spiro atoms. The van der Waals surface area contributed by atoms with Crippen molar-refractivity contribution in [2.75, 3.05) is 21.7 Å². The van der Waals surface area contributed by atoms with Crippen LogP contribution in [0.4, 0.5) is 34.1 Å². The summed E-state index contributed by atoms with van der Waals surface area (Å²) in [4.78, 5) is 17.0. The molecule has 4 aromatic carbocycles. The van der Waals surface area contributed by atoms with Crippen LogP contribution in [0.25, 0.3) is 10.9 Å². The van der Waals surface area contributed by atoms with Gasteiger partial charge in [-0.25, -0.2) is 0 Å². The van der Waals surface area contributed by atoms with Gasteiger partial charge in [-0.05, 0) is 84.9 Å². The minimum absolute atomic E-state index is 0.162. The molecule has 5 aromatic rings. The molecular formula is C28H23N5O. The first-order valence-electron chi connectivity index (χ1n) is 10.9. The number of aromatic nitrogens is 1. The molecule has 0 saturated heterocycles. The van der Waals surface area contributed by atoms with Gasteiger partial charge < -0.3 is 21.7 Å². The molecule has 0 radical (unpaired) electrons. The van der Waals surface area contributed by atoms with E-state index in [2.05, 4.69) is 20.9 Å². The van der Waals surface area contributed by atoms with Gasteiger partial charge in [0.2, 0.25) is 0 Å². The monoisotopic (exact) mass is 445 g/mol. The maximum absolute atomic E-state index is 12.7. The maximum atomic E-state index is 12.7. The number of hydrogen-bond acceptors (Lipinski definition) is 5. The Balaban J connectivity index is 1.23. The molecule has 6 heteroatoms.